The summed E-state index contributed by atoms with van der Waals surface area (Å²) in [5.41, 5.74) is 3.12. The Morgan fingerprint density at radius 2 is 2.23 bits per heavy atom. The number of thiazole rings is 1. The van der Waals surface area contributed by atoms with Crippen LogP contribution < -0.4 is 5.32 Å². The summed E-state index contributed by atoms with van der Waals surface area (Å²) in [4.78, 5) is 18.4. The van der Waals surface area contributed by atoms with Crippen LogP contribution >= 0.6 is 22.7 Å². The lowest BCUT2D eigenvalue weighted by molar-refractivity contribution is 0.0949. The van der Waals surface area contributed by atoms with E-state index in [0.717, 1.165) is 35.0 Å². The third kappa shape index (κ3) is 3.25. The van der Waals surface area contributed by atoms with Gasteiger partial charge in [-0.25, -0.2) is 4.98 Å². The molecule has 3 nitrogen and oxygen atoms in total. The fourth-order valence-corrected chi connectivity index (χ4v) is 4.88. The molecule has 2 heterocycles. The Hall–Kier alpha value is -1.20. The first kappa shape index (κ1) is 15.7. The van der Waals surface area contributed by atoms with Gasteiger partial charge in [0, 0.05) is 21.6 Å². The monoisotopic (exact) mass is 334 g/mol. The van der Waals surface area contributed by atoms with Gasteiger partial charge in [-0.15, -0.1) is 22.7 Å². The molecular formula is C17H22N2OS2. The van der Waals surface area contributed by atoms with Gasteiger partial charge in [0.25, 0.3) is 5.91 Å². The number of amides is 1. The van der Waals surface area contributed by atoms with Crippen LogP contribution in [-0.4, -0.2) is 10.9 Å². The summed E-state index contributed by atoms with van der Waals surface area (Å²) in [6.07, 6.45) is 3.35. The molecule has 1 atom stereocenters. The minimum atomic E-state index is 0.0474. The van der Waals surface area contributed by atoms with E-state index in [1.54, 1.807) is 22.7 Å². The molecule has 0 radical (unpaired) electrons. The second kappa shape index (κ2) is 6.50. The normalized spacial score (nSPS) is 17.5. The van der Waals surface area contributed by atoms with Gasteiger partial charge in [0.2, 0.25) is 0 Å². The molecule has 0 aromatic carbocycles. The van der Waals surface area contributed by atoms with E-state index in [-0.39, 0.29) is 5.91 Å². The highest BCUT2D eigenvalue weighted by atomic mass is 32.1. The van der Waals surface area contributed by atoms with Crippen molar-refractivity contribution < 1.29 is 4.79 Å². The molecule has 1 aliphatic rings. The molecule has 0 spiro atoms. The summed E-state index contributed by atoms with van der Waals surface area (Å²) < 4.78 is 0. The Morgan fingerprint density at radius 1 is 1.41 bits per heavy atom. The van der Waals surface area contributed by atoms with Crippen LogP contribution in [0.2, 0.25) is 0 Å². The van der Waals surface area contributed by atoms with Crippen molar-refractivity contribution in [2.24, 2.45) is 5.92 Å². The average molecular weight is 335 g/mol. The van der Waals surface area contributed by atoms with Crippen molar-refractivity contribution in [3.05, 3.63) is 37.5 Å². The van der Waals surface area contributed by atoms with Gasteiger partial charge >= 0.3 is 0 Å². The Bertz CT molecular complexity index is 672. The van der Waals surface area contributed by atoms with Crippen molar-refractivity contribution in [2.75, 3.05) is 0 Å². The minimum absolute atomic E-state index is 0.0474. The quantitative estimate of drug-likeness (QED) is 0.901. The van der Waals surface area contributed by atoms with Crippen LogP contribution in [0.25, 0.3) is 0 Å². The molecule has 0 saturated carbocycles. The molecule has 2 aromatic heterocycles. The van der Waals surface area contributed by atoms with E-state index in [9.17, 15) is 4.79 Å². The fourth-order valence-electron chi connectivity index (χ4n) is 2.80. The molecule has 1 unspecified atom stereocenters. The van der Waals surface area contributed by atoms with E-state index in [1.807, 2.05) is 10.8 Å². The zero-order valence-electron chi connectivity index (χ0n) is 13.3. The average Bonchev–Trinajstić information content (AvgIpc) is 3.11. The zero-order valence-corrected chi connectivity index (χ0v) is 14.9. The van der Waals surface area contributed by atoms with Crippen molar-refractivity contribution in [1.82, 2.24) is 10.3 Å². The number of nitrogens with one attached hydrogen (secondary N) is 1. The summed E-state index contributed by atoms with van der Waals surface area (Å²) in [6.45, 7) is 7.08. The third-order valence-electron chi connectivity index (χ3n) is 4.14. The van der Waals surface area contributed by atoms with Gasteiger partial charge < -0.3 is 5.32 Å². The summed E-state index contributed by atoms with van der Waals surface area (Å²) in [6, 6.07) is 0. The number of hydrogen-bond donors (Lipinski definition) is 1. The molecule has 1 aliphatic carbocycles. The molecule has 0 fully saturated rings. The van der Waals surface area contributed by atoms with E-state index in [2.05, 4.69) is 31.1 Å². The lowest BCUT2D eigenvalue weighted by Gasteiger charge is -2.18. The van der Waals surface area contributed by atoms with Crippen LogP contribution in [0.3, 0.4) is 0 Å². The topological polar surface area (TPSA) is 42.0 Å². The molecule has 3 rings (SSSR count). The van der Waals surface area contributed by atoms with Crippen molar-refractivity contribution in [1.29, 1.82) is 0 Å². The van der Waals surface area contributed by atoms with Crippen molar-refractivity contribution in [3.63, 3.8) is 0 Å². The number of carbonyl (C=O) groups is 1. The summed E-state index contributed by atoms with van der Waals surface area (Å²) >= 11 is 3.41. The summed E-state index contributed by atoms with van der Waals surface area (Å²) in [7, 11) is 0. The first-order valence-electron chi connectivity index (χ1n) is 7.86. The lowest BCUT2D eigenvalue weighted by Crippen LogP contribution is -2.24. The maximum absolute atomic E-state index is 12.4. The molecular weight excluding hydrogens is 312 g/mol. The number of hydrogen-bond acceptors (Lipinski definition) is 4. The standard InChI is InChI=1S/C17H22N2OS2/c1-10(2)17-19-12(8-22-17)7-18-16(20)14-9-21-15-6-11(3)4-5-13(14)15/h8-11H,4-7H2,1-3H3,(H,18,20). The molecule has 5 heteroatoms. The SMILES string of the molecule is CC1CCc2c(C(=O)NCc3csc(C(C)C)n3)csc2C1. The van der Waals surface area contributed by atoms with E-state index >= 15 is 0 Å². The Morgan fingerprint density at radius 3 is 2.95 bits per heavy atom. The second-order valence-corrected chi connectivity index (χ2v) is 8.27. The molecule has 1 N–H and O–H groups in total. The number of thiophene rings is 1. The van der Waals surface area contributed by atoms with Gasteiger partial charge in [0.15, 0.2) is 0 Å². The highest BCUT2D eigenvalue weighted by Gasteiger charge is 2.23. The highest BCUT2D eigenvalue weighted by molar-refractivity contribution is 7.10. The number of carbonyl (C=O) groups excluding carboxylic acids is 1. The number of fused-ring (bicyclic) bond motifs is 1. The van der Waals surface area contributed by atoms with Gasteiger partial charge in [-0.3, -0.25) is 4.79 Å². The molecule has 2 aromatic rings. The Labute approximate surface area is 139 Å². The predicted molar refractivity (Wildman–Crippen MR) is 92.9 cm³/mol. The summed E-state index contributed by atoms with van der Waals surface area (Å²) in [5.74, 6) is 1.23. The van der Waals surface area contributed by atoms with Gasteiger partial charge in [-0.05, 0) is 30.7 Å². The number of aromatic nitrogens is 1. The minimum Gasteiger partial charge on any atom is -0.346 e. The van der Waals surface area contributed by atoms with E-state index in [1.165, 1.54) is 16.9 Å². The van der Waals surface area contributed by atoms with Gasteiger partial charge in [-0.1, -0.05) is 20.8 Å². The molecule has 1 amide bonds. The first-order chi connectivity index (χ1) is 10.5. The van der Waals surface area contributed by atoms with E-state index in [0.29, 0.717) is 12.5 Å². The zero-order chi connectivity index (χ0) is 15.7. The predicted octanol–water partition coefficient (Wildman–Crippen LogP) is 4.38. The first-order valence-corrected chi connectivity index (χ1v) is 9.62. The molecule has 0 saturated heterocycles. The molecule has 22 heavy (non-hydrogen) atoms. The Balaban J connectivity index is 1.65. The molecule has 0 aliphatic heterocycles. The number of nitrogens with zero attached hydrogens (tertiary/aromatic N) is 1. The summed E-state index contributed by atoms with van der Waals surface area (Å²) in [5, 5.41) is 8.23. The van der Waals surface area contributed by atoms with Crippen molar-refractivity contribution in [2.45, 2.75) is 52.5 Å². The van der Waals surface area contributed by atoms with Gasteiger partial charge in [-0.2, -0.15) is 0 Å². The molecule has 118 valence electrons. The van der Waals surface area contributed by atoms with Crippen LogP contribution in [0.1, 0.15) is 64.6 Å². The fraction of sp³-hybridized carbons (Fsp3) is 0.529. The van der Waals surface area contributed by atoms with Crippen LogP contribution in [0, 0.1) is 5.92 Å². The maximum atomic E-state index is 12.4. The Kier molecular flexibility index (Phi) is 4.64. The van der Waals surface area contributed by atoms with Crippen molar-refractivity contribution in [3.8, 4) is 0 Å². The van der Waals surface area contributed by atoms with Crippen LogP contribution in [0.4, 0.5) is 0 Å². The van der Waals surface area contributed by atoms with Gasteiger partial charge in [0.1, 0.15) is 0 Å². The third-order valence-corrected chi connectivity index (χ3v) is 6.39. The molecule has 0 bridgehead atoms. The lowest BCUT2D eigenvalue weighted by atomic mass is 9.88. The van der Waals surface area contributed by atoms with Crippen LogP contribution in [0.5, 0.6) is 0 Å². The smallest absolute Gasteiger partial charge is 0.252 e. The van der Waals surface area contributed by atoms with Crippen LogP contribution in [-0.2, 0) is 19.4 Å². The van der Waals surface area contributed by atoms with Crippen LogP contribution in [0.15, 0.2) is 10.8 Å². The largest absolute Gasteiger partial charge is 0.346 e. The maximum Gasteiger partial charge on any atom is 0.252 e. The second-order valence-electron chi connectivity index (χ2n) is 6.41. The van der Waals surface area contributed by atoms with Crippen molar-refractivity contribution >= 4 is 28.6 Å². The number of rotatable bonds is 4. The van der Waals surface area contributed by atoms with E-state index in [4.69, 9.17) is 0 Å². The van der Waals surface area contributed by atoms with E-state index < -0.39 is 0 Å². The highest BCUT2D eigenvalue weighted by Crippen LogP contribution is 2.32. The van der Waals surface area contributed by atoms with Gasteiger partial charge in [0.05, 0.1) is 22.8 Å².